The summed E-state index contributed by atoms with van der Waals surface area (Å²) in [4.78, 5) is 55.2. The standard InChI is InChI=1S/C34H60N4O5/c1-7-33(8-2,21-17-23-37-29(39)27-35(11-5)31(37)41)19-13-15-25-43-26-16-14-20-34(9-3,10-4)22-18-24-38-30(40)28-36(12-6)32(38)42/h7H,1,8-28H2,2-6H3. The maximum absolute atomic E-state index is 12.4. The van der Waals surface area contributed by atoms with Crippen molar-refractivity contribution in [2.24, 2.45) is 10.8 Å². The first kappa shape index (κ1) is 36.8. The van der Waals surface area contributed by atoms with E-state index in [1.807, 2.05) is 13.8 Å². The minimum absolute atomic E-state index is 0.0324. The van der Waals surface area contributed by atoms with Crippen LogP contribution in [0.4, 0.5) is 9.59 Å². The fourth-order valence-electron chi connectivity index (χ4n) is 6.72. The number of imide groups is 2. The molecule has 6 amide bonds. The van der Waals surface area contributed by atoms with Gasteiger partial charge in [-0.1, -0.05) is 52.5 Å². The Bertz CT molecular complexity index is 920. The first-order valence-electron chi connectivity index (χ1n) is 17.0. The number of allylic oxidation sites excluding steroid dienone is 1. The van der Waals surface area contributed by atoms with Gasteiger partial charge in [0.05, 0.1) is 0 Å². The number of carbonyl (C=O) groups is 4. The zero-order chi connectivity index (χ0) is 31.9. The summed E-state index contributed by atoms with van der Waals surface area (Å²) in [6, 6.07) is -0.290. The third-order valence-corrected chi connectivity index (χ3v) is 10.3. The molecule has 0 saturated carbocycles. The summed E-state index contributed by atoms with van der Waals surface area (Å²) < 4.78 is 5.99. The number of likely N-dealkylation sites (N-methyl/N-ethyl adjacent to an activating group) is 2. The van der Waals surface area contributed by atoms with Crippen LogP contribution in [-0.4, -0.2) is 96.0 Å². The van der Waals surface area contributed by atoms with E-state index < -0.39 is 0 Å². The van der Waals surface area contributed by atoms with Crippen LogP contribution in [0.5, 0.6) is 0 Å². The van der Waals surface area contributed by atoms with Crippen molar-refractivity contribution in [3.63, 3.8) is 0 Å². The van der Waals surface area contributed by atoms with E-state index >= 15 is 0 Å². The second kappa shape index (κ2) is 18.4. The zero-order valence-corrected chi connectivity index (χ0v) is 28.0. The van der Waals surface area contributed by atoms with Crippen molar-refractivity contribution in [3.05, 3.63) is 12.7 Å². The molecule has 1 atom stereocenters. The zero-order valence-electron chi connectivity index (χ0n) is 28.0. The van der Waals surface area contributed by atoms with Gasteiger partial charge in [0.15, 0.2) is 0 Å². The van der Waals surface area contributed by atoms with Gasteiger partial charge in [-0.05, 0) is 82.5 Å². The smallest absolute Gasteiger partial charge is 0.327 e. The van der Waals surface area contributed by atoms with Gasteiger partial charge in [0.1, 0.15) is 13.1 Å². The van der Waals surface area contributed by atoms with Gasteiger partial charge in [-0.2, -0.15) is 0 Å². The van der Waals surface area contributed by atoms with Crippen molar-refractivity contribution in [2.45, 2.75) is 118 Å². The molecule has 0 spiro atoms. The summed E-state index contributed by atoms with van der Waals surface area (Å²) in [5, 5.41) is 0. The number of rotatable bonds is 24. The first-order valence-corrected chi connectivity index (χ1v) is 17.0. The van der Waals surface area contributed by atoms with Gasteiger partial charge in [-0.3, -0.25) is 19.4 Å². The number of urea groups is 2. The molecule has 2 rings (SSSR count). The SMILES string of the molecule is C=CC(CC)(CCCCOCCCCC(CC)(CC)CCCN1C(=O)CN(CC)C1=O)CCCN1C(=O)CN(CC)C1=O. The van der Waals surface area contributed by atoms with Gasteiger partial charge in [0, 0.05) is 39.4 Å². The van der Waals surface area contributed by atoms with Gasteiger partial charge < -0.3 is 14.5 Å². The summed E-state index contributed by atoms with van der Waals surface area (Å²) in [7, 11) is 0. The lowest BCUT2D eigenvalue weighted by Gasteiger charge is -2.32. The summed E-state index contributed by atoms with van der Waals surface area (Å²) in [6.07, 6.45) is 15.4. The molecule has 0 radical (unpaired) electrons. The third-order valence-electron chi connectivity index (χ3n) is 10.3. The highest BCUT2D eigenvalue weighted by molar-refractivity contribution is 6.02. The molecule has 0 aliphatic carbocycles. The number of amides is 6. The monoisotopic (exact) mass is 604 g/mol. The summed E-state index contributed by atoms with van der Waals surface area (Å²) >= 11 is 0. The van der Waals surface area contributed by atoms with E-state index in [0.29, 0.717) is 26.2 Å². The second-order valence-electron chi connectivity index (χ2n) is 12.5. The van der Waals surface area contributed by atoms with E-state index in [0.717, 1.165) is 96.7 Å². The third kappa shape index (κ3) is 10.3. The number of unbranched alkanes of at least 4 members (excludes halogenated alkanes) is 2. The van der Waals surface area contributed by atoms with Crippen molar-refractivity contribution in [1.29, 1.82) is 0 Å². The summed E-state index contributed by atoms with van der Waals surface area (Å²) in [6.45, 7) is 18.8. The lowest BCUT2D eigenvalue weighted by atomic mass is 9.74. The van der Waals surface area contributed by atoms with Gasteiger partial charge in [0.25, 0.3) is 0 Å². The highest BCUT2D eigenvalue weighted by Crippen LogP contribution is 2.38. The molecule has 2 heterocycles. The molecule has 2 saturated heterocycles. The van der Waals surface area contributed by atoms with Crippen LogP contribution in [0, 0.1) is 10.8 Å². The molecule has 0 aromatic carbocycles. The lowest BCUT2D eigenvalue weighted by molar-refractivity contribution is -0.126. The van der Waals surface area contributed by atoms with Crippen LogP contribution in [0.1, 0.15) is 118 Å². The molecule has 2 fully saturated rings. The van der Waals surface area contributed by atoms with Gasteiger partial charge in [-0.15, -0.1) is 6.58 Å². The Kier molecular flexibility index (Phi) is 15.7. The number of hydrogen-bond acceptors (Lipinski definition) is 5. The molecule has 1 unspecified atom stereocenters. The van der Waals surface area contributed by atoms with E-state index in [9.17, 15) is 19.2 Å². The average molecular weight is 605 g/mol. The number of ether oxygens (including phenoxy) is 1. The van der Waals surface area contributed by atoms with Crippen LogP contribution in [0.2, 0.25) is 0 Å². The van der Waals surface area contributed by atoms with Crippen molar-refractivity contribution in [2.75, 3.05) is 52.5 Å². The van der Waals surface area contributed by atoms with E-state index in [-0.39, 0.29) is 47.8 Å². The molecule has 0 aromatic rings. The fraction of sp³-hybridized carbons (Fsp3) is 0.824. The van der Waals surface area contributed by atoms with Crippen LogP contribution in [0.3, 0.4) is 0 Å². The molecular formula is C34H60N4O5. The Morgan fingerprint density at radius 2 is 1.09 bits per heavy atom. The minimum atomic E-state index is -0.156. The van der Waals surface area contributed by atoms with Gasteiger partial charge >= 0.3 is 12.1 Å². The number of nitrogens with zero attached hydrogens (tertiary/aromatic N) is 4. The normalized spacial score (nSPS) is 17.5. The summed E-state index contributed by atoms with van der Waals surface area (Å²) in [5.41, 5.74) is 0.291. The molecule has 43 heavy (non-hydrogen) atoms. The van der Waals surface area contributed by atoms with E-state index in [4.69, 9.17) is 4.74 Å². The predicted molar refractivity (Wildman–Crippen MR) is 172 cm³/mol. The molecular weight excluding hydrogens is 544 g/mol. The van der Waals surface area contributed by atoms with Crippen LogP contribution in [0.25, 0.3) is 0 Å². The van der Waals surface area contributed by atoms with Crippen LogP contribution in [-0.2, 0) is 14.3 Å². The Labute approximate surface area is 261 Å². The Hall–Kier alpha value is -2.42. The van der Waals surface area contributed by atoms with E-state index in [1.165, 1.54) is 9.80 Å². The lowest BCUT2D eigenvalue weighted by Crippen LogP contribution is -2.34. The molecule has 9 nitrogen and oxygen atoms in total. The van der Waals surface area contributed by atoms with Crippen LogP contribution >= 0.6 is 0 Å². The van der Waals surface area contributed by atoms with Crippen molar-refractivity contribution < 1.29 is 23.9 Å². The van der Waals surface area contributed by atoms with E-state index in [2.05, 4.69) is 33.4 Å². The molecule has 246 valence electrons. The second-order valence-corrected chi connectivity index (χ2v) is 12.5. The van der Waals surface area contributed by atoms with Gasteiger partial charge in [-0.25, -0.2) is 9.59 Å². The van der Waals surface area contributed by atoms with Crippen molar-refractivity contribution >= 4 is 23.9 Å². The summed E-state index contributed by atoms with van der Waals surface area (Å²) in [5.74, 6) is -0.153. The molecule has 2 aliphatic heterocycles. The highest BCUT2D eigenvalue weighted by Gasteiger charge is 2.36. The minimum Gasteiger partial charge on any atom is -0.381 e. The van der Waals surface area contributed by atoms with Crippen molar-refractivity contribution in [1.82, 2.24) is 19.6 Å². The van der Waals surface area contributed by atoms with Crippen molar-refractivity contribution in [3.8, 4) is 0 Å². The highest BCUT2D eigenvalue weighted by atomic mass is 16.5. The largest absolute Gasteiger partial charge is 0.381 e. The molecule has 2 aliphatic rings. The Morgan fingerprint density at radius 3 is 1.51 bits per heavy atom. The van der Waals surface area contributed by atoms with Gasteiger partial charge in [0.2, 0.25) is 11.8 Å². The Morgan fingerprint density at radius 1 is 0.651 bits per heavy atom. The molecule has 9 heteroatoms. The van der Waals surface area contributed by atoms with E-state index in [1.54, 1.807) is 9.80 Å². The number of hydrogen-bond donors (Lipinski definition) is 0. The molecule has 0 N–H and O–H groups in total. The molecule has 0 aromatic heterocycles. The number of carbonyl (C=O) groups excluding carboxylic acids is 4. The fourth-order valence-corrected chi connectivity index (χ4v) is 6.72. The Balaban J connectivity index is 1.61. The quantitative estimate of drug-likeness (QED) is 0.0682. The first-order chi connectivity index (χ1) is 20.6. The maximum atomic E-state index is 12.4. The predicted octanol–water partition coefficient (Wildman–Crippen LogP) is 6.86. The van der Waals surface area contributed by atoms with Crippen LogP contribution < -0.4 is 0 Å². The average Bonchev–Trinajstić information content (AvgIpc) is 3.46. The van der Waals surface area contributed by atoms with Crippen LogP contribution in [0.15, 0.2) is 12.7 Å². The molecule has 0 bridgehead atoms. The topological polar surface area (TPSA) is 90.5 Å². The maximum Gasteiger partial charge on any atom is 0.327 e.